The maximum atomic E-state index is 11.6. The highest BCUT2D eigenvalue weighted by Crippen LogP contribution is 2.11. The monoisotopic (exact) mass is 240 g/mol. The SMILES string of the molecule is O=C(Nc1cnns1)c1cccc(Cl)n1. The van der Waals surface area contributed by atoms with Crippen molar-refractivity contribution in [2.24, 2.45) is 0 Å². The van der Waals surface area contributed by atoms with E-state index in [1.807, 2.05) is 0 Å². The maximum Gasteiger partial charge on any atom is 0.275 e. The molecule has 2 aromatic heterocycles. The van der Waals surface area contributed by atoms with E-state index in [4.69, 9.17) is 11.6 Å². The quantitative estimate of drug-likeness (QED) is 0.814. The van der Waals surface area contributed by atoms with Crippen LogP contribution in [0.1, 0.15) is 10.5 Å². The molecule has 2 rings (SSSR count). The third-order valence-electron chi connectivity index (χ3n) is 1.55. The van der Waals surface area contributed by atoms with Crippen molar-refractivity contribution < 1.29 is 4.79 Å². The van der Waals surface area contributed by atoms with Crippen molar-refractivity contribution in [1.29, 1.82) is 0 Å². The molecular weight excluding hydrogens is 236 g/mol. The molecule has 15 heavy (non-hydrogen) atoms. The van der Waals surface area contributed by atoms with Crippen LogP contribution in [0.5, 0.6) is 0 Å². The highest BCUT2D eigenvalue weighted by molar-refractivity contribution is 7.10. The molecule has 0 bridgehead atoms. The second-order valence-corrected chi connectivity index (χ2v) is 3.75. The Kier molecular flexibility index (Phi) is 2.89. The van der Waals surface area contributed by atoms with Crippen molar-refractivity contribution >= 4 is 34.0 Å². The number of halogens is 1. The molecule has 0 aliphatic heterocycles. The molecule has 0 radical (unpaired) electrons. The summed E-state index contributed by atoms with van der Waals surface area (Å²) in [5, 5.41) is 7.05. The average Bonchev–Trinajstić information content (AvgIpc) is 2.70. The zero-order valence-electron chi connectivity index (χ0n) is 7.35. The van der Waals surface area contributed by atoms with E-state index in [9.17, 15) is 4.79 Å². The van der Waals surface area contributed by atoms with E-state index in [0.29, 0.717) is 5.00 Å². The number of carbonyl (C=O) groups is 1. The summed E-state index contributed by atoms with van der Waals surface area (Å²) in [5.41, 5.74) is 0.260. The van der Waals surface area contributed by atoms with Gasteiger partial charge in [0.2, 0.25) is 0 Å². The van der Waals surface area contributed by atoms with E-state index in [2.05, 4.69) is 19.9 Å². The lowest BCUT2D eigenvalue weighted by atomic mass is 10.3. The van der Waals surface area contributed by atoms with Crippen LogP contribution in [0.4, 0.5) is 5.00 Å². The van der Waals surface area contributed by atoms with Gasteiger partial charge in [-0.3, -0.25) is 4.79 Å². The number of carbonyl (C=O) groups excluding carboxylic acids is 1. The van der Waals surface area contributed by atoms with E-state index in [0.717, 1.165) is 11.5 Å². The number of amides is 1. The van der Waals surface area contributed by atoms with E-state index in [1.165, 1.54) is 6.20 Å². The molecule has 76 valence electrons. The Morgan fingerprint density at radius 3 is 3.00 bits per heavy atom. The molecule has 0 atom stereocenters. The van der Waals surface area contributed by atoms with Gasteiger partial charge in [0.25, 0.3) is 5.91 Å². The van der Waals surface area contributed by atoms with Crippen LogP contribution in [0.25, 0.3) is 0 Å². The molecule has 2 aromatic rings. The van der Waals surface area contributed by atoms with Crippen LogP contribution in [0, 0.1) is 0 Å². The van der Waals surface area contributed by atoms with Crippen molar-refractivity contribution in [2.45, 2.75) is 0 Å². The minimum absolute atomic E-state index is 0.260. The predicted molar refractivity (Wildman–Crippen MR) is 57.1 cm³/mol. The third-order valence-corrected chi connectivity index (χ3v) is 2.34. The number of hydrogen-bond donors (Lipinski definition) is 1. The molecule has 5 nitrogen and oxygen atoms in total. The molecule has 0 saturated heterocycles. The summed E-state index contributed by atoms with van der Waals surface area (Å²) in [6, 6.07) is 4.84. The molecule has 1 amide bonds. The zero-order valence-corrected chi connectivity index (χ0v) is 8.92. The molecule has 0 aromatic carbocycles. The lowest BCUT2D eigenvalue weighted by Gasteiger charge is -2.00. The van der Waals surface area contributed by atoms with Crippen LogP contribution >= 0.6 is 23.1 Å². The Morgan fingerprint density at radius 2 is 2.33 bits per heavy atom. The minimum atomic E-state index is -0.330. The van der Waals surface area contributed by atoms with E-state index >= 15 is 0 Å². The van der Waals surface area contributed by atoms with E-state index in [1.54, 1.807) is 18.2 Å². The smallest absolute Gasteiger partial charge is 0.275 e. The van der Waals surface area contributed by atoms with Crippen LogP contribution in [0.3, 0.4) is 0 Å². The van der Waals surface area contributed by atoms with Crippen molar-refractivity contribution in [2.75, 3.05) is 5.32 Å². The van der Waals surface area contributed by atoms with Crippen molar-refractivity contribution in [3.05, 3.63) is 35.2 Å². The fraction of sp³-hybridized carbons (Fsp3) is 0. The van der Waals surface area contributed by atoms with Gasteiger partial charge in [0.15, 0.2) is 0 Å². The van der Waals surface area contributed by atoms with Crippen LogP contribution in [-0.4, -0.2) is 20.5 Å². The summed E-state index contributed by atoms with van der Waals surface area (Å²) in [7, 11) is 0. The summed E-state index contributed by atoms with van der Waals surface area (Å²) in [6.45, 7) is 0. The molecule has 0 unspecified atom stereocenters. The van der Waals surface area contributed by atoms with Gasteiger partial charge in [-0.1, -0.05) is 22.2 Å². The zero-order chi connectivity index (χ0) is 10.7. The first kappa shape index (κ1) is 10.0. The second kappa shape index (κ2) is 4.33. The summed E-state index contributed by atoms with van der Waals surface area (Å²) in [5.74, 6) is -0.330. The van der Waals surface area contributed by atoms with Gasteiger partial charge in [0.1, 0.15) is 15.8 Å². The standard InChI is InChI=1S/C8H5ClN4OS/c9-6-3-1-2-5(11-6)8(14)12-7-4-10-13-15-7/h1-4H,(H,12,14). The van der Waals surface area contributed by atoms with Gasteiger partial charge < -0.3 is 5.32 Å². The summed E-state index contributed by atoms with van der Waals surface area (Å²) >= 11 is 6.75. The first-order chi connectivity index (χ1) is 7.25. The van der Waals surface area contributed by atoms with Gasteiger partial charge in [-0.2, -0.15) is 0 Å². The number of nitrogens with one attached hydrogen (secondary N) is 1. The van der Waals surface area contributed by atoms with E-state index in [-0.39, 0.29) is 16.8 Å². The van der Waals surface area contributed by atoms with Crippen LogP contribution in [0.15, 0.2) is 24.4 Å². The van der Waals surface area contributed by atoms with Gasteiger partial charge >= 0.3 is 0 Å². The van der Waals surface area contributed by atoms with Gasteiger partial charge in [0.05, 0.1) is 6.20 Å². The summed E-state index contributed by atoms with van der Waals surface area (Å²) < 4.78 is 3.62. The molecule has 2 heterocycles. The highest BCUT2D eigenvalue weighted by Gasteiger charge is 2.08. The lowest BCUT2D eigenvalue weighted by Crippen LogP contribution is -2.12. The summed E-state index contributed by atoms with van der Waals surface area (Å²) in [4.78, 5) is 15.5. The maximum absolute atomic E-state index is 11.6. The average molecular weight is 241 g/mol. The largest absolute Gasteiger partial charge is 0.310 e. The normalized spacial score (nSPS) is 9.93. The molecule has 7 heteroatoms. The number of pyridine rings is 1. The number of hydrogen-bond acceptors (Lipinski definition) is 5. The predicted octanol–water partition coefficient (Wildman–Crippen LogP) is 1.84. The van der Waals surface area contributed by atoms with Crippen molar-refractivity contribution in [3.63, 3.8) is 0 Å². The van der Waals surface area contributed by atoms with Gasteiger partial charge in [-0.25, -0.2) is 4.98 Å². The molecule has 0 aliphatic carbocycles. The van der Waals surface area contributed by atoms with Crippen LogP contribution in [-0.2, 0) is 0 Å². The molecule has 0 spiro atoms. The van der Waals surface area contributed by atoms with E-state index < -0.39 is 0 Å². The van der Waals surface area contributed by atoms with Crippen LogP contribution in [0.2, 0.25) is 5.15 Å². The van der Waals surface area contributed by atoms with Gasteiger partial charge in [-0.15, -0.1) is 5.10 Å². The second-order valence-electron chi connectivity index (χ2n) is 2.58. The topological polar surface area (TPSA) is 67.8 Å². The Morgan fingerprint density at radius 1 is 1.47 bits per heavy atom. The Labute approximate surface area is 94.3 Å². The number of nitrogens with zero attached hydrogens (tertiary/aromatic N) is 3. The van der Waals surface area contributed by atoms with Gasteiger partial charge in [-0.05, 0) is 12.1 Å². The molecule has 1 N–H and O–H groups in total. The molecular formula is C8H5ClN4OS. The Balaban J connectivity index is 2.15. The fourth-order valence-electron chi connectivity index (χ4n) is 0.933. The third kappa shape index (κ3) is 2.48. The lowest BCUT2D eigenvalue weighted by molar-refractivity contribution is 0.102. The number of anilines is 1. The molecule has 0 fully saturated rings. The van der Waals surface area contributed by atoms with Crippen LogP contribution < -0.4 is 5.32 Å². The molecule has 0 aliphatic rings. The number of aromatic nitrogens is 3. The first-order valence-electron chi connectivity index (χ1n) is 3.97. The van der Waals surface area contributed by atoms with Gasteiger partial charge in [0, 0.05) is 11.5 Å². The summed E-state index contributed by atoms with van der Waals surface area (Å²) in [6.07, 6.45) is 1.47. The Bertz CT molecular complexity index is 473. The molecule has 0 saturated carbocycles. The minimum Gasteiger partial charge on any atom is -0.310 e. The fourth-order valence-corrected chi connectivity index (χ4v) is 1.51. The number of rotatable bonds is 2. The Hall–Kier alpha value is -1.53. The van der Waals surface area contributed by atoms with Crippen molar-refractivity contribution in [3.8, 4) is 0 Å². The first-order valence-corrected chi connectivity index (χ1v) is 5.12. The van der Waals surface area contributed by atoms with Crippen molar-refractivity contribution in [1.82, 2.24) is 14.6 Å². The highest BCUT2D eigenvalue weighted by atomic mass is 35.5.